The number of nitrogens with one attached hydrogen (secondary N) is 2. The SMILES string of the molecule is Cc1ccc2c(c1NC(=O)Cc1ccc(C(F)(F)F)c(F)c1)CCN(C(=O)[C@H]1CCCN1)C2. The van der Waals surface area contributed by atoms with E-state index in [1.807, 2.05) is 24.0 Å². The van der Waals surface area contributed by atoms with Crippen molar-refractivity contribution in [1.82, 2.24) is 10.2 Å². The van der Waals surface area contributed by atoms with E-state index in [0.29, 0.717) is 31.3 Å². The Hall–Kier alpha value is -2.94. The lowest BCUT2D eigenvalue weighted by molar-refractivity contribution is -0.140. The third kappa shape index (κ3) is 5.03. The Balaban J connectivity index is 1.47. The zero-order chi connectivity index (χ0) is 23.8. The summed E-state index contributed by atoms with van der Waals surface area (Å²) in [6, 6.07) is 6.19. The van der Waals surface area contributed by atoms with E-state index in [2.05, 4.69) is 10.6 Å². The number of hydrogen-bond donors (Lipinski definition) is 2. The molecule has 4 rings (SSSR count). The topological polar surface area (TPSA) is 61.4 Å². The molecular weight excluding hydrogens is 438 g/mol. The molecule has 2 aliphatic rings. The van der Waals surface area contributed by atoms with Gasteiger partial charge in [0, 0.05) is 18.8 Å². The summed E-state index contributed by atoms with van der Waals surface area (Å²) in [5, 5.41) is 6.08. The number of halogens is 4. The standard InChI is InChI=1S/C24H25F4N3O2/c1-14-4-6-16-13-31(23(33)20-3-2-9-29-20)10-8-17(16)22(14)30-21(32)12-15-5-7-18(19(25)11-15)24(26,27)28/h4-7,11,20,29H,2-3,8-10,12-13H2,1H3,(H,30,32)/t20-/m1/s1. The van der Waals surface area contributed by atoms with Crippen molar-refractivity contribution in [2.75, 3.05) is 18.4 Å². The molecule has 9 heteroatoms. The molecule has 2 aliphatic heterocycles. The smallest absolute Gasteiger partial charge is 0.337 e. The molecule has 0 spiro atoms. The summed E-state index contributed by atoms with van der Waals surface area (Å²) in [6.07, 6.45) is -2.63. The van der Waals surface area contributed by atoms with Crippen LogP contribution in [-0.2, 0) is 35.2 Å². The Morgan fingerprint density at radius 1 is 1.21 bits per heavy atom. The predicted octanol–water partition coefficient (Wildman–Crippen LogP) is 3.97. The van der Waals surface area contributed by atoms with Gasteiger partial charge in [0.15, 0.2) is 0 Å². The molecule has 0 bridgehead atoms. The monoisotopic (exact) mass is 463 g/mol. The fourth-order valence-corrected chi connectivity index (χ4v) is 4.52. The molecule has 1 saturated heterocycles. The first-order chi connectivity index (χ1) is 15.6. The van der Waals surface area contributed by atoms with Crippen molar-refractivity contribution < 1.29 is 27.2 Å². The number of benzene rings is 2. The van der Waals surface area contributed by atoms with Crippen molar-refractivity contribution in [2.24, 2.45) is 0 Å². The summed E-state index contributed by atoms with van der Waals surface area (Å²) in [5.41, 5.74) is 2.20. The van der Waals surface area contributed by atoms with E-state index >= 15 is 0 Å². The second-order valence-electron chi connectivity index (χ2n) is 8.59. The lowest BCUT2D eigenvalue weighted by atomic mass is 9.94. The van der Waals surface area contributed by atoms with Gasteiger partial charge in [0.05, 0.1) is 18.0 Å². The number of amides is 2. The number of carbonyl (C=O) groups excluding carboxylic acids is 2. The van der Waals surface area contributed by atoms with E-state index in [-0.39, 0.29) is 23.9 Å². The van der Waals surface area contributed by atoms with Crippen molar-refractivity contribution in [3.8, 4) is 0 Å². The number of carbonyl (C=O) groups is 2. The van der Waals surface area contributed by atoms with Crippen LogP contribution in [0.1, 0.15) is 40.7 Å². The third-order valence-electron chi connectivity index (χ3n) is 6.25. The Morgan fingerprint density at radius 2 is 2.00 bits per heavy atom. The zero-order valence-electron chi connectivity index (χ0n) is 18.2. The molecule has 0 saturated carbocycles. The van der Waals surface area contributed by atoms with Gasteiger partial charge in [-0.3, -0.25) is 9.59 Å². The van der Waals surface area contributed by atoms with Crippen LogP contribution in [0.3, 0.4) is 0 Å². The third-order valence-corrected chi connectivity index (χ3v) is 6.25. The highest BCUT2D eigenvalue weighted by Gasteiger charge is 2.34. The molecule has 2 heterocycles. The predicted molar refractivity (Wildman–Crippen MR) is 115 cm³/mol. The largest absolute Gasteiger partial charge is 0.419 e. The first-order valence-corrected chi connectivity index (χ1v) is 10.9. The summed E-state index contributed by atoms with van der Waals surface area (Å²) in [7, 11) is 0. The van der Waals surface area contributed by atoms with Gasteiger partial charge in [-0.15, -0.1) is 0 Å². The van der Waals surface area contributed by atoms with Gasteiger partial charge in [-0.2, -0.15) is 13.2 Å². The Morgan fingerprint density at radius 3 is 2.67 bits per heavy atom. The van der Waals surface area contributed by atoms with Gasteiger partial charge >= 0.3 is 6.18 Å². The summed E-state index contributed by atoms with van der Waals surface area (Å²) in [6.45, 7) is 3.70. The van der Waals surface area contributed by atoms with Gasteiger partial charge in [-0.1, -0.05) is 18.2 Å². The molecule has 0 radical (unpaired) electrons. The minimum absolute atomic E-state index is 0.0913. The molecule has 0 unspecified atom stereocenters. The van der Waals surface area contributed by atoms with Gasteiger partial charge < -0.3 is 15.5 Å². The maximum Gasteiger partial charge on any atom is 0.419 e. The molecule has 1 atom stereocenters. The van der Waals surface area contributed by atoms with Gasteiger partial charge in [-0.05, 0) is 67.1 Å². The number of fused-ring (bicyclic) bond motifs is 1. The van der Waals surface area contributed by atoms with E-state index < -0.39 is 23.5 Å². The highest BCUT2D eigenvalue weighted by atomic mass is 19.4. The highest BCUT2D eigenvalue weighted by Crippen LogP contribution is 2.32. The Bertz CT molecular complexity index is 1080. The van der Waals surface area contributed by atoms with Crippen molar-refractivity contribution in [3.05, 3.63) is 64.0 Å². The number of anilines is 1. The summed E-state index contributed by atoms with van der Waals surface area (Å²) >= 11 is 0. The average molecular weight is 463 g/mol. The highest BCUT2D eigenvalue weighted by molar-refractivity contribution is 5.94. The molecule has 176 valence electrons. The Kier molecular flexibility index (Phi) is 6.43. The fraction of sp³-hybridized carbons (Fsp3) is 0.417. The molecule has 5 nitrogen and oxygen atoms in total. The molecule has 2 amide bonds. The number of hydrogen-bond acceptors (Lipinski definition) is 3. The molecule has 2 aromatic carbocycles. The maximum atomic E-state index is 13.8. The van der Waals surface area contributed by atoms with E-state index in [1.165, 1.54) is 0 Å². The first-order valence-electron chi connectivity index (χ1n) is 10.9. The van der Waals surface area contributed by atoms with Crippen LogP contribution in [0.2, 0.25) is 0 Å². The molecule has 0 aromatic heterocycles. The van der Waals surface area contributed by atoms with Gasteiger partial charge in [0.1, 0.15) is 5.82 Å². The molecule has 33 heavy (non-hydrogen) atoms. The second-order valence-corrected chi connectivity index (χ2v) is 8.59. The fourth-order valence-electron chi connectivity index (χ4n) is 4.52. The maximum absolute atomic E-state index is 13.8. The first kappa shape index (κ1) is 23.2. The van der Waals surface area contributed by atoms with Crippen molar-refractivity contribution in [2.45, 2.75) is 51.4 Å². The second kappa shape index (κ2) is 9.13. The minimum Gasteiger partial charge on any atom is -0.337 e. The number of rotatable bonds is 4. The van der Waals surface area contributed by atoms with Gasteiger partial charge in [0.2, 0.25) is 11.8 Å². The van der Waals surface area contributed by atoms with Crippen LogP contribution >= 0.6 is 0 Å². The molecule has 1 fully saturated rings. The number of alkyl halides is 3. The molecular formula is C24H25F4N3O2. The van der Waals surface area contributed by atoms with E-state index in [9.17, 15) is 27.2 Å². The molecule has 2 N–H and O–H groups in total. The van der Waals surface area contributed by atoms with Crippen molar-refractivity contribution in [1.29, 1.82) is 0 Å². The zero-order valence-corrected chi connectivity index (χ0v) is 18.2. The lowest BCUT2D eigenvalue weighted by Crippen LogP contribution is -2.45. The van der Waals surface area contributed by atoms with E-state index in [4.69, 9.17) is 0 Å². The quantitative estimate of drug-likeness (QED) is 0.675. The normalized spacial score (nSPS) is 18.2. The molecule has 0 aliphatic carbocycles. The van der Waals surface area contributed by atoms with E-state index in [0.717, 1.165) is 48.2 Å². The lowest BCUT2D eigenvalue weighted by Gasteiger charge is -2.32. The van der Waals surface area contributed by atoms with Crippen LogP contribution < -0.4 is 10.6 Å². The van der Waals surface area contributed by atoms with Gasteiger partial charge in [0.25, 0.3) is 0 Å². The van der Waals surface area contributed by atoms with Crippen LogP contribution in [0.4, 0.5) is 23.2 Å². The van der Waals surface area contributed by atoms with Crippen LogP contribution in [-0.4, -0.2) is 35.8 Å². The minimum atomic E-state index is -4.78. The summed E-state index contributed by atoms with van der Waals surface area (Å²) in [4.78, 5) is 27.2. The van der Waals surface area contributed by atoms with Crippen LogP contribution in [0.15, 0.2) is 30.3 Å². The number of nitrogens with zero attached hydrogens (tertiary/aromatic N) is 1. The van der Waals surface area contributed by atoms with Crippen molar-refractivity contribution in [3.63, 3.8) is 0 Å². The van der Waals surface area contributed by atoms with Crippen LogP contribution in [0, 0.1) is 12.7 Å². The molecule has 2 aromatic rings. The van der Waals surface area contributed by atoms with Crippen LogP contribution in [0.25, 0.3) is 0 Å². The average Bonchev–Trinajstić information content (AvgIpc) is 3.29. The van der Waals surface area contributed by atoms with E-state index in [1.54, 1.807) is 0 Å². The summed E-state index contributed by atoms with van der Waals surface area (Å²) < 4.78 is 52.1. The number of aryl methyl sites for hydroxylation is 1. The Labute approximate surface area is 189 Å². The van der Waals surface area contributed by atoms with Gasteiger partial charge in [-0.25, -0.2) is 4.39 Å². The summed E-state index contributed by atoms with van der Waals surface area (Å²) in [5.74, 6) is -1.75. The van der Waals surface area contributed by atoms with Crippen LogP contribution in [0.5, 0.6) is 0 Å². The van der Waals surface area contributed by atoms with Crippen molar-refractivity contribution >= 4 is 17.5 Å².